The van der Waals surface area contributed by atoms with Crippen molar-refractivity contribution in [1.29, 1.82) is 0 Å². The summed E-state index contributed by atoms with van der Waals surface area (Å²) < 4.78 is 0. The van der Waals surface area contributed by atoms with Gasteiger partial charge in [0.15, 0.2) is 0 Å². The number of rotatable bonds is 3. The van der Waals surface area contributed by atoms with Gasteiger partial charge in [0.2, 0.25) is 0 Å². The SMILES string of the molecule is CC/C=C\C(C)CO. The van der Waals surface area contributed by atoms with Gasteiger partial charge in [-0.3, -0.25) is 0 Å². The second kappa shape index (κ2) is 4.85. The second-order valence-corrected chi connectivity index (χ2v) is 2.00. The molecule has 0 saturated heterocycles. The predicted octanol–water partition coefficient (Wildman–Crippen LogP) is 1.58. The van der Waals surface area contributed by atoms with Crippen LogP contribution in [0, 0.1) is 5.92 Å². The first-order valence-electron chi connectivity index (χ1n) is 3.08. The third-order valence-electron chi connectivity index (χ3n) is 0.988. The molecule has 0 bridgehead atoms. The van der Waals surface area contributed by atoms with E-state index in [1.165, 1.54) is 0 Å². The molecule has 48 valence electrons. The van der Waals surface area contributed by atoms with Gasteiger partial charge in [-0.2, -0.15) is 0 Å². The molecule has 0 heterocycles. The van der Waals surface area contributed by atoms with Crippen LogP contribution in [-0.4, -0.2) is 11.7 Å². The normalized spacial score (nSPS) is 14.9. The van der Waals surface area contributed by atoms with E-state index in [0.29, 0.717) is 5.92 Å². The van der Waals surface area contributed by atoms with E-state index in [1.54, 1.807) is 0 Å². The van der Waals surface area contributed by atoms with E-state index >= 15 is 0 Å². The zero-order valence-electron chi connectivity index (χ0n) is 5.59. The van der Waals surface area contributed by atoms with Crippen LogP contribution in [0.3, 0.4) is 0 Å². The quantitative estimate of drug-likeness (QED) is 0.552. The molecule has 1 heteroatoms. The molecule has 1 nitrogen and oxygen atoms in total. The van der Waals surface area contributed by atoms with Gasteiger partial charge < -0.3 is 5.11 Å². The maximum absolute atomic E-state index is 8.51. The fourth-order valence-electron chi connectivity index (χ4n) is 0.429. The Morgan fingerprint density at radius 1 is 1.62 bits per heavy atom. The highest BCUT2D eigenvalue weighted by molar-refractivity contribution is 4.84. The average Bonchev–Trinajstić information content (AvgIpc) is 1.83. The van der Waals surface area contributed by atoms with Gasteiger partial charge in [-0.1, -0.05) is 26.0 Å². The van der Waals surface area contributed by atoms with E-state index in [9.17, 15) is 0 Å². The highest BCUT2D eigenvalue weighted by Crippen LogP contribution is 1.94. The average molecular weight is 114 g/mol. The van der Waals surface area contributed by atoms with E-state index in [1.807, 2.05) is 13.0 Å². The van der Waals surface area contributed by atoms with Gasteiger partial charge in [0.1, 0.15) is 0 Å². The summed E-state index contributed by atoms with van der Waals surface area (Å²) in [5.74, 6) is 0.329. The van der Waals surface area contributed by atoms with E-state index in [0.717, 1.165) is 6.42 Å². The minimum atomic E-state index is 0.260. The molecule has 0 spiro atoms. The number of allylic oxidation sites excluding steroid dienone is 1. The topological polar surface area (TPSA) is 20.2 Å². The van der Waals surface area contributed by atoms with Crippen LogP contribution >= 0.6 is 0 Å². The van der Waals surface area contributed by atoms with Crippen molar-refractivity contribution in [3.8, 4) is 0 Å². The summed E-state index contributed by atoms with van der Waals surface area (Å²) in [5.41, 5.74) is 0. The van der Waals surface area contributed by atoms with Crippen molar-refractivity contribution in [3.05, 3.63) is 12.2 Å². The molecule has 0 aromatic carbocycles. The molecule has 0 aromatic heterocycles. The molecular formula is C7H14O. The molecule has 1 unspecified atom stereocenters. The van der Waals surface area contributed by atoms with Crippen molar-refractivity contribution in [2.45, 2.75) is 20.3 Å². The number of hydrogen-bond donors (Lipinski definition) is 1. The highest BCUT2D eigenvalue weighted by atomic mass is 16.3. The van der Waals surface area contributed by atoms with Crippen LogP contribution in [0.1, 0.15) is 20.3 Å². The van der Waals surface area contributed by atoms with Crippen molar-refractivity contribution < 1.29 is 5.11 Å². The van der Waals surface area contributed by atoms with Crippen LogP contribution in [0.15, 0.2) is 12.2 Å². The Bertz CT molecular complexity index is 66.8. The summed E-state index contributed by atoms with van der Waals surface area (Å²) in [6.07, 6.45) is 5.16. The molecule has 0 amide bonds. The lowest BCUT2D eigenvalue weighted by molar-refractivity contribution is 0.262. The summed E-state index contributed by atoms with van der Waals surface area (Å²) in [4.78, 5) is 0. The lowest BCUT2D eigenvalue weighted by Gasteiger charge is -1.96. The molecule has 0 aliphatic carbocycles. The Balaban J connectivity index is 3.21. The molecule has 0 aliphatic heterocycles. The molecule has 8 heavy (non-hydrogen) atoms. The molecule has 0 fully saturated rings. The Morgan fingerprint density at radius 2 is 2.25 bits per heavy atom. The molecule has 1 atom stereocenters. The molecule has 0 rings (SSSR count). The zero-order chi connectivity index (χ0) is 6.41. The minimum absolute atomic E-state index is 0.260. The molecule has 0 aromatic rings. The molecule has 0 aliphatic rings. The maximum Gasteiger partial charge on any atom is 0.0491 e. The second-order valence-electron chi connectivity index (χ2n) is 2.00. The number of hydrogen-bond acceptors (Lipinski definition) is 1. The first-order valence-corrected chi connectivity index (χ1v) is 3.08. The fraction of sp³-hybridized carbons (Fsp3) is 0.714. The monoisotopic (exact) mass is 114 g/mol. The highest BCUT2D eigenvalue weighted by Gasteiger charge is 1.88. The van der Waals surface area contributed by atoms with Gasteiger partial charge in [-0.15, -0.1) is 0 Å². The Hall–Kier alpha value is -0.300. The third-order valence-corrected chi connectivity index (χ3v) is 0.988. The molecular weight excluding hydrogens is 100 g/mol. The van der Waals surface area contributed by atoms with E-state index < -0.39 is 0 Å². The van der Waals surface area contributed by atoms with E-state index in [2.05, 4.69) is 13.0 Å². The smallest absolute Gasteiger partial charge is 0.0491 e. The van der Waals surface area contributed by atoms with Gasteiger partial charge in [-0.05, 0) is 12.3 Å². The van der Waals surface area contributed by atoms with Crippen LogP contribution in [0.2, 0.25) is 0 Å². The lowest BCUT2D eigenvalue weighted by Crippen LogP contribution is -1.94. The summed E-state index contributed by atoms with van der Waals surface area (Å²) >= 11 is 0. The van der Waals surface area contributed by atoms with Crippen molar-refractivity contribution in [3.63, 3.8) is 0 Å². The number of aliphatic hydroxyl groups excluding tert-OH is 1. The van der Waals surface area contributed by atoms with Gasteiger partial charge >= 0.3 is 0 Å². The van der Waals surface area contributed by atoms with Crippen LogP contribution in [-0.2, 0) is 0 Å². The summed E-state index contributed by atoms with van der Waals surface area (Å²) in [6.45, 7) is 4.34. The summed E-state index contributed by atoms with van der Waals surface area (Å²) in [5, 5.41) is 8.51. The van der Waals surface area contributed by atoms with Gasteiger partial charge in [0.05, 0.1) is 0 Å². The van der Waals surface area contributed by atoms with Crippen LogP contribution in [0.5, 0.6) is 0 Å². The summed E-state index contributed by atoms with van der Waals surface area (Å²) in [6, 6.07) is 0. The molecule has 0 radical (unpaired) electrons. The zero-order valence-corrected chi connectivity index (χ0v) is 5.59. The Labute approximate surface area is 51.0 Å². The van der Waals surface area contributed by atoms with Crippen molar-refractivity contribution in [1.82, 2.24) is 0 Å². The van der Waals surface area contributed by atoms with E-state index in [-0.39, 0.29) is 6.61 Å². The first-order chi connectivity index (χ1) is 3.81. The van der Waals surface area contributed by atoms with Crippen LogP contribution in [0.4, 0.5) is 0 Å². The predicted molar refractivity (Wildman–Crippen MR) is 35.7 cm³/mol. The number of aliphatic hydroxyl groups is 1. The van der Waals surface area contributed by atoms with Crippen LogP contribution in [0.25, 0.3) is 0 Å². The van der Waals surface area contributed by atoms with Gasteiger partial charge in [0.25, 0.3) is 0 Å². The Kier molecular flexibility index (Phi) is 4.67. The largest absolute Gasteiger partial charge is 0.396 e. The van der Waals surface area contributed by atoms with Gasteiger partial charge in [0, 0.05) is 6.61 Å². The fourth-order valence-corrected chi connectivity index (χ4v) is 0.429. The van der Waals surface area contributed by atoms with Crippen molar-refractivity contribution >= 4 is 0 Å². The molecule has 0 saturated carbocycles. The maximum atomic E-state index is 8.51. The third kappa shape index (κ3) is 3.88. The standard InChI is InChI=1S/C7H14O/c1-3-4-5-7(2)6-8/h4-5,7-8H,3,6H2,1-2H3/b5-4-. The van der Waals surface area contributed by atoms with Crippen molar-refractivity contribution in [2.75, 3.05) is 6.61 Å². The molecule has 1 N–H and O–H groups in total. The Morgan fingerprint density at radius 3 is 2.62 bits per heavy atom. The van der Waals surface area contributed by atoms with Gasteiger partial charge in [-0.25, -0.2) is 0 Å². The van der Waals surface area contributed by atoms with Crippen molar-refractivity contribution in [2.24, 2.45) is 5.92 Å². The van der Waals surface area contributed by atoms with E-state index in [4.69, 9.17) is 5.11 Å². The minimum Gasteiger partial charge on any atom is -0.396 e. The van der Waals surface area contributed by atoms with Crippen LogP contribution < -0.4 is 0 Å². The lowest BCUT2D eigenvalue weighted by atomic mass is 10.2. The summed E-state index contributed by atoms with van der Waals surface area (Å²) in [7, 11) is 0. The first kappa shape index (κ1) is 7.70.